The summed E-state index contributed by atoms with van der Waals surface area (Å²) in [7, 11) is -0.681. The van der Waals surface area contributed by atoms with Crippen molar-refractivity contribution in [1.29, 1.82) is 0 Å². The molecule has 0 aliphatic heterocycles. The van der Waals surface area contributed by atoms with Gasteiger partial charge in [0.25, 0.3) is 0 Å². The van der Waals surface area contributed by atoms with Crippen LogP contribution in [0.1, 0.15) is 18.1 Å². The lowest BCUT2D eigenvalue weighted by Gasteiger charge is -2.21. The van der Waals surface area contributed by atoms with E-state index in [9.17, 15) is 13.2 Å². The molecule has 7 heteroatoms. The second-order valence-electron chi connectivity index (χ2n) is 5.26. The number of hydrogen-bond donors (Lipinski definition) is 2. The van der Waals surface area contributed by atoms with Crippen LogP contribution in [0.4, 0.5) is 5.69 Å². The third-order valence-corrected chi connectivity index (χ3v) is 5.42. The fourth-order valence-electron chi connectivity index (χ4n) is 1.99. The van der Waals surface area contributed by atoms with E-state index < -0.39 is 15.9 Å². The van der Waals surface area contributed by atoms with E-state index in [1.54, 1.807) is 13.0 Å². The maximum atomic E-state index is 12.5. The van der Waals surface area contributed by atoms with Crippen LogP contribution in [0.5, 0.6) is 0 Å². The van der Waals surface area contributed by atoms with Crippen molar-refractivity contribution < 1.29 is 13.2 Å². The van der Waals surface area contributed by atoms with Crippen LogP contribution in [-0.4, -0.2) is 39.3 Å². The number of nitrogens with zero attached hydrogens (tertiary/aromatic N) is 1. The van der Waals surface area contributed by atoms with Gasteiger partial charge in [-0.25, -0.2) is 12.7 Å². The van der Waals surface area contributed by atoms with Crippen molar-refractivity contribution in [3.8, 4) is 0 Å². The summed E-state index contributed by atoms with van der Waals surface area (Å²) in [6, 6.07) is 3.06. The molecular formula is C14H23N3O3S. The van der Waals surface area contributed by atoms with Gasteiger partial charge in [0.1, 0.15) is 0 Å². The van der Waals surface area contributed by atoms with E-state index in [2.05, 4.69) is 5.32 Å². The number of rotatable bonds is 5. The number of sulfonamides is 1. The van der Waals surface area contributed by atoms with Crippen LogP contribution in [0, 0.1) is 19.8 Å². The standard InChI is InChI=1S/C14H23N3O3S/c1-9-6-12(7-13(15)11(9)3)21(19,20)17(5)8-10(2)14(18)16-4/h6-7,10H,8,15H2,1-5H3,(H,16,18). The Kier molecular flexibility index (Phi) is 5.36. The zero-order valence-electron chi connectivity index (χ0n) is 13.1. The van der Waals surface area contributed by atoms with Crippen LogP contribution < -0.4 is 11.1 Å². The number of nitrogen functional groups attached to an aromatic ring is 1. The minimum absolute atomic E-state index is 0.106. The van der Waals surface area contributed by atoms with E-state index >= 15 is 0 Å². The molecule has 0 fully saturated rings. The predicted octanol–water partition coefficient (Wildman–Crippen LogP) is 0.888. The monoisotopic (exact) mass is 313 g/mol. The summed E-state index contributed by atoms with van der Waals surface area (Å²) in [6.45, 7) is 5.45. The van der Waals surface area contributed by atoms with E-state index in [0.717, 1.165) is 11.1 Å². The maximum Gasteiger partial charge on any atom is 0.242 e. The summed E-state index contributed by atoms with van der Waals surface area (Å²) in [5.41, 5.74) is 7.98. The number of nitrogens with one attached hydrogen (secondary N) is 1. The van der Waals surface area contributed by atoms with E-state index in [4.69, 9.17) is 5.73 Å². The number of amides is 1. The van der Waals surface area contributed by atoms with Crippen molar-refractivity contribution in [2.75, 3.05) is 26.4 Å². The molecule has 1 rings (SSSR count). The van der Waals surface area contributed by atoms with Gasteiger partial charge in [0.05, 0.1) is 4.90 Å². The average molecular weight is 313 g/mol. The molecule has 0 radical (unpaired) electrons. The fraction of sp³-hybridized carbons (Fsp3) is 0.500. The highest BCUT2D eigenvalue weighted by molar-refractivity contribution is 7.89. The molecule has 1 aromatic carbocycles. The highest BCUT2D eigenvalue weighted by Gasteiger charge is 2.25. The second kappa shape index (κ2) is 6.44. The zero-order chi connectivity index (χ0) is 16.4. The van der Waals surface area contributed by atoms with Crippen molar-refractivity contribution in [3.63, 3.8) is 0 Å². The maximum absolute atomic E-state index is 12.5. The normalized spacial score (nSPS) is 13.2. The first-order chi connectivity index (χ1) is 9.61. The molecule has 118 valence electrons. The summed E-state index contributed by atoms with van der Waals surface area (Å²) in [5, 5.41) is 2.51. The first-order valence-electron chi connectivity index (χ1n) is 6.66. The van der Waals surface area contributed by atoms with Crippen molar-refractivity contribution in [3.05, 3.63) is 23.3 Å². The van der Waals surface area contributed by atoms with Gasteiger partial charge in [0.15, 0.2) is 0 Å². The van der Waals surface area contributed by atoms with Gasteiger partial charge >= 0.3 is 0 Å². The van der Waals surface area contributed by atoms with Crippen molar-refractivity contribution in [1.82, 2.24) is 9.62 Å². The van der Waals surface area contributed by atoms with Crippen LogP contribution >= 0.6 is 0 Å². The Hall–Kier alpha value is -1.60. The van der Waals surface area contributed by atoms with Gasteiger partial charge in [-0.15, -0.1) is 0 Å². The van der Waals surface area contributed by atoms with Crippen molar-refractivity contribution >= 4 is 21.6 Å². The molecule has 0 aliphatic carbocycles. The summed E-state index contributed by atoms with van der Waals surface area (Å²) >= 11 is 0. The molecule has 0 aliphatic rings. The Bertz CT molecular complexity index is 618. The SMILES string of the molecule is CNC(=O)C(C)CN(C)S(=O)(=O)c1cc(C)c(C)c(N)c1. The second-order valence-corrected chi connectivity index (χ2v) is 7.30. The summed E-state index contributed by atoms with van der Waals surface area (Å²) < 4.78 is 26.2. The molecule has 1 unspecified atom stereocenters. The van der Waals surface area contributed by atoms with Crippen molar-refractivity contribution in [2.45, 2.75) is 25.7 Å². The topological polar surface area (TPSA) is 92.5 Å². The molecule has 0 saturated carbocycles. The average Bonchev–Trinajstić information content (AvgIpc) is 2.42. The van der Waals surface area contributed by atoms with Crippen LogP contribution in [0.15, 0.2) is 17.0 Å². The number of hydrogen-bond acceptors (Lipinski definition) is 4. The Labute approximate surface area is 126 Å². The third-order valence-electron chi connectivity index (χ3n) is 3.61. The zero-order valence-corrected chi connectivity index (χ0v) is 13.9. The molecular weight excluding hydrogens is 290 g/mol. The molecule has 0 bridgehead atoms. The van der Waals surface area contributed by atoms with Crippen LogP contribution in [0.25, 0.3) is 0 Å². The van der Waals surface area contributed by atoms with Crippen LogP contribution in [-0.2, 0) is 14.8 Å². The first-order valence-corrected chi connectivity index (χ1v) is 8.10. The Morgan fingerprint density at radius 3 is 2.43 bits per heavy atom. The highest BCUT2D eigenvalue weighted by atomic mass is 32.2. The highest BCUT2D eigenvalue weighted by Crippen LogP contribution is 2.24. The number of carbonyl (C=O) groups is 1. The molecule has 6 nitrogen and oxygen atoms in total. The van der Waals surface area contributed by atoms with E-state index in [0.29, 0.717) is 5.69 Å². The predicted molar refractivity (Wildman–Crippen MR) is 83.4 cm³/mol. The molecule has 0 aromatic heterocycles. The van der Waals surface area contributed by atoms with Gasteiger partial charge in [0, 0.05) is 32.2 Å². The lowest BCUT2D eigenvalue weighted by Crippen LogP contribution is -2.37. The number of carbonyl (C=O) groups excluding carboxylic acids is 1. The fourth-order valence-corrected chi connectivity index (χ4v) is 3.38. The van der Waals surface area contributed by atoms with Gasteiger partial charge in [0.2, 0.25) is 15.9 Å². The van der Waals surface area contributed by atoms with Gasteiger partial charge in [-0.2, -0.15) is 0 Å². The molecule has 0 saturated heterocycles. The molecule has 0 spiro atoms. The van der Waals surface area contributed by atoms with E-state index in [1.807, 2.05) is 13.8 Å². The number of aryl methyl sites for hydroxylation is 1. The lowest BCUT2D eigenvalue weighted by molar-refractivity contribution is -0.124. The van der Waals surface area contributed by atoms with Gasteiger partial charge in [-0.3, -0.25) is 4.79 Å². The molecule has 3 N–H and O–H groups in total. The smallest absolute Gasteiger partial charge is 0.242 e. The van der Waals surface area contributed by atoms with E-state index in [1.165, 1.54) is 24.5 Å². The summed E-state index contributed by atoms with van der Waals surface area (Å²) in [5.74, 6) is -0.629. The Balaban J connectivity index is 3.08. The third kappa shape index (κ3) is 3.74. The van der Waals surface area contributed by atoms with Gasteiger partial charge in [-0.05, 0) is 37.1 Å². The largest absolute Gasteiger partial charge is 0.398 e. The molecule has 1 atom stereocenters. The number of nitrogens with two attached hydrogens (primary N) is 1. The minimum atomic E-state index is -3.66. The van der Waals surface area contributed by atoms with Gasteiger partial charge < -0.3 is 11.1 Å². The van der Waals surface area contributed by atoms with Crippen molar-refractivity contribution in [2.24, 2.45) is 5.92 Å². The quantitative estimate of drug-likeness (QED) is 0.790. The summed E-state index contributed by atoms with van der Waals surface area (Å²) in [6.07, 6.45) is 0. The number of benzene rings is 1. The molecule has 1 aromatic rings. The lowest BCUT2D eigenvalue weighted by atomic mass is 10.1. The van der Waals surface area contributed by atoms with Gasteiger partial charge in [-0.1, -0.05) is 6.92 Å². The molecule has 21 heavy (non-hydrogen) atoms. The minimum Gasteiger partial charge on any atom is -0.398 e. The summed E-state index contributed by atoms with van der Waals surface area (Å²) in [4.78, 5) is 11.7. The molecule has 1 amide bonds. The molecule has 0 heterocycles. The Morgan fingerprint density at radius 2 is 1.95 bits per heavy atom. The first kappa shape index (κ1) is 17.5. The van der Waals surface area contributed by atoms with E-state index in [-0.39, 0.29) is 17.3 Å². The number of anilines is 1. The van der Waals surface area contributed by atoms with Crippen LogP contribution in [0.3, 0.4) is 0 Å². The Morgan fingerprint density at radius 1 is 1.38 bits per heavy atom. The van der Waals surface area contributed by atoms with Crippen LogP contribution in [0.2, 0.25) is 0 Å².